The zero-order valence-electron chi connectivity index (χ0n) is 10.2. The van der Waals surface area contributed by atoms with Gasteiger partial charge in [-0.25, -0.2) is 0 Å². The topological polar surface area (TPSA) is 15.3 Å². The van der Waals surface area contributed by atoms with Crippen LogP contribution in [0.15, 0.2) is 24.3 Å². The zero-order valence-corrected chi connectivity index (χ0v) is 13.1. The summed E-state index contributed by atoms with van der Waals surface area (Å²) in [5, 5.41) is 3.41. The summed E-state index contributed by atoms with van der Waals surface area (Å²) in [4.78, 5) is 2.49. The maximum atomic E-state index is 3.41. The highest BCUT2D eigenvalue weighted by Crippen LogP contribution is 2.14. The van der Waals surface area contributed by atoms with Crippen molar-refractivity contribution in [3.63, 3.8) is 0 Å². The van der Waals surface area contributed by atoms with Crippen LogP contribution in [0.5, 0.6) is 0 Å². The van der Waals surface area contributed by atoms with Crippen molar-refractivity contribution in [2.45, 2.75) is 25.4 Å². The van der Waals surface area contributed by atoms with Gasteiger partial charge < -0.3 is 5.32 Å². The Kier molecular flexibility index (Phi) is 6.77. The molecule has 0 amide bonds. The molecule has 1 aliphatic heterocycles. The molecule has 1 N–H and O–H groups in total. The molecule has 0 saturated carbocycles. The maximum absolute atomic E-state index is 3.41. The lowest BCUT2D eigenvalue weighted by molar-refractivity contribution is 0.192. The Morgan fingerprint density at radius 2 is 1.82 bits per heavy atom. The number of piperidine rings is 1. The third-order valence-corrected chi connectivity index (χ3v) is 4.00. The van der Waals surface area contributed by atoms with Gasteiger partial charge in [0.05, 0.1) is 0 Å². The van der Waals surface area contributed by atoms with E-state index in [1.54, 1.807) is 0 Å². The monoisotopic (exact) mass is 366 g/mol. The number of rotatable bonds is 3. The maximum Gasteiger partial charge on any atom is 0.0233 e. The molecule has 0 radical (unpaired) electrons. The predicted octanol–water partition coefficient (Wildman–Crippen LogP) is 2.90. The van der Waals surface area contributed by atoms with Gasteiger partial charge in [0, 0.05) is 16.2 Å². The molecule has 1 saturated heterocycles. The highest BCUT2D eigenvalue weighted by molar-refractivity contribution is 14.1. The van der Waals surface area contributed by atoms with E-state index in [1.807, 2.05) is 0 Å². The van der Waals surface area contributed by atoms with Crippen LogP contribution in [0.25, 0.3) is 0 Å². The molecule has 0 bridgehead atoms. The normalized spacial score (nSPS) is 16.9. The number of halogens is 2. The third kappa shape index (κ3) is 4.73. The lowest BCUT2D eigenvalue weighted by Crippen LogP contribution is -2.40. The standard InChI is InChI=1S/C13H19IN2.ClH/c1-16(13-6-8-15-9-7-13)10-11-2-4-12(14)5-3-11;/h2-5,13,15H,6-10H2,1H3;1H. The van der Waals surface area contributed by atoms with Crippen molar-refractivity contribution in [3.8, 4) is 0 Å². The van der Waals surface area contributed by atoms with Crippen molar-refractivity contribution in [1.29, 1.82) is 0 Å². The second-order valence-corrected chi connectivity index (χ2v) is 5.77. The molecule has 2 rings (SSSR count). The number of hydrogen-bond acceptors (Lipinski definition) is 2. The molecule has 0 aliphatic carbocycles. The number of nitrogens with one attached hydrogen (secondary N) is 1. The van der Waals surface area contributed by atoms with Crippen LogP contribution in [0.3, 0.4) is 0 Å². The average Bonchev–Trinajstić information content (AvgIpc) is 2.33. The Labute approximate surface area is 124 Å². The van der Waals surface area contributed by atoms with Crippen LogP contribution in [0.2, 0.25) is 0 Å². The average molecular weight is 367 g/mol. The summed E-state index contributed by atoms with van der Waals surface area (Å²) in [6.45, 7) is 3.41. The minimum Gasteiger partial charge on any atom is -0.317 e. The molecule has 0 atom stereocenters. The second-order valence-electron chi connectivity index (χ2n) is 4.52. The fourth-order valence-corrected chi connectivity index (χ4v) is 2.61. The first-order valence-corrected chi connectivity index (χ1v) is 6.99. The predicted molar refractivity (Wildman–Crippen MR) is 83.8 cm³/mol. The van der Waals surface area contributed by atoms with Crippen LogP contribution in [-0.4, -0.2) is 31.1 Å². The second kappa shape index (κ2) is 7.56. The van der Waals surface area contributed by atoms with Gasteiger partial charge in [-0.15, -0.1) is 12.4 Å². The molecule has 17 heavy (non-hydrogen) atoms. The minimum absolute atomic E-state index is 0. The molecule has 2 nitrogen and oxygen atoms in total. The van der Waals surface area contributed by atoms with Crippen LogP contribution in [-0.2, 0) is 6.54 Å². The van der Waals surface area contributed by atoms with Crippen LogP contribution in [0, 0.1) is 3.57 Å². The van der Waals surface area contributed by atoms with E-state index < -0.39 is 0 Å². The number of nitrogens with zero attached hydrogens (tertiary/aromatic N) is 1. The smallest absolute Gasteiger partial charge is 0.0233 e. The molecular formula is C13H20ClIN2. The molecule has 0 aromatic heterocycles. The van der Waals surface area contributed by atoms with E-state index in [1.165, 1.54) is 35.1 Å². The summed E-state index contributed by atoms with van der Waals surface area (Å²) in [6.07, 6.45) is 2.56. The van der Waals surface area contributed by atoms with Crippen LogP contribution in [0.1, 0.15) is 18.4 Å². The van der Waals surface area contributed by atoms with Crippen molar-refractivity contribution < 1.29 is 0 Å². The molecule has 96 valence electrons. The molecule has 0 unspecified atom stereocenters. The first-order chi connectivity index (χ1) is 7.75. The van der Waals surface area contributed by atoms with Gasteiger partial charge in [-0.05, 0) is 73.3 Å². The van der Waals surface area contributed by atoms with Gasteiger partial charge in [-0.2, -0.15) is 0 Å². The van der Waals surface area contributed by atoms with Crippen molar-refractivity contribution in [2.75, 3.05) is 20.1 Å². The van der Waals surface area contributed by atoms with Crippen LogP contribution in [0.4, 0.5) is 0 Å². The molecular weight excluding hydrogens is 347 g/mol. The van der Waals surface area contributed by atoms with E-state index in [-0.39, 0.29) is 12.4 Å². The Bertz CT molecular complexity index is 323. The van der Waals surface area contributed by atoms with Gasteiger partial charge in [0.15, 0.2) is 0 Å². The van der Waals surface area contributed by atoms with Gasteiger partial charge in [0.2, 0.25) is 0 Å². The van der Waals surface area contributed by atoms with E-state index in [0.29, 0.717) is 0 Å². The Morgan fingerprint density at radius 1 is 1.24 bits per heavy atom. The molecule has 1 aromatic rings. The molecule has 4 heteroatoms. The summed E-state index contributed by atoms with van der Waals surface area (Å²) in [6, 6.07) is 9.59. The third-order valence-electron chi connectivity index (χ3n) is 3.28. The zero-order chi connectivity index (χ0) is 11.4. The summed E-state index contributed by atoms with van der Waals surface area (Å²) < 4.78 is 1.31. The Hall–Kier alpha value is 0.160. The molecule has 0 spiro atoms. The SMILES string of the molecule is CN(Cc1ccc(I)cc1)C1CCNCC1.Cl. The largest absolute Gasteiger partial charge is 0.317 e. The Morgan fingerprint density at radius 3 is 2.41 bits per heavy atom. The quantitative estimate of drug-likeness (QED) is 0.828. The van der Waals surface area contributed by atoms with Crippen molar-refractivity contribution in [3.05, 3.63) is 33.4 Å². The van der Waals surface area contributed by atoms with Gasteiger partial charge in [0.25, 0.3) is 0 Å². The Balaban J connectivity index is 0.00000144. The van der Waals surface area contributed by atoms with Crippen molar-refractivity contribution in [2.24, 2.45) is 0 Å². The fraction of sp³-hybridized carbons (Fsp3) is 0.538. The first kappa shape index (κ1) is 15.2. The van der Waals surface area contributed by atoms with Gasteiger partial charge >= 0.3 is 0 Å². The molecule has 1 aliphatic rings. The fourth-order valence-electron chi connectivity index (χ4n) is 2.25. The van der Waals surface area contributed by atoms with E-state index >= 15 is 0 Å². The summed E-state index contributed by atoms with van der Waals surface area (Å²) in [5.74, 6) is 0. The molecule has 1 heterocycles. The van der Waals surface area contributed by atoms with E-state index in [9.17, 15) is 0 Å². The molecule has 1 fully saturated rings. The number of hydrogen-bond donors (Lipinski definition) is 1. The molecule has 1 aromatic carbocycles. The minimum atomic E-state index is 0. The van der Waals surface area contributed by atoms with Gasteiger partial charge in [0.1, 0.15) is 0 Å². The first-order valence-electron chi connectivity index (χ1n) is 5.91. The number of benzene rings is 1. The van der Waals surface area contributed by atoms with Crippen LogP contribution < -0.4 is 5.32 Å². The van der Waals surface area contributed by atoms with Crippen LogP contribution >= 0.6 is 35.0 Å². The van der Waals surface area contributed by atoms with E-state index in [4.69, 9.17) is 0 Å². The summed E-state index contributed by atoms with van der Waals surface area (Å²) >= 11 is 2.35. The lowest BCUT2D eigenvalue weighted by atomic mass is 10.0. The van der Waals surface area contributed by atoms with Crippen molar-refractivity contribution in [1.82, 2.24) is 10.2 Å². The van der Waals surface area contributed by atoms with Gasteiger partial charge in [-0.1, -0.05) is 12.1 Å². The van der Waals surface area contributed by atoms with Gasteiger partial charge in [-0.3, -0.25) is 4.90 Å². The lowest BCUT2D eigenvalue weighted by Gasteiger charge is -2.31. The van der Waals surface area contributed by atoms with Crippen molar-refractivity contribution >= 4 is 35.0 Å². The summed E-state index contributed by atoms with van der Waals surface area (Å²) in [7, 11) is 2.24. The van der Waals surface area contributed by atoms with E-state index in [0.717, 1.165) is 12.6 Å². The summed E-state index contributed by atoms with van der Waals surface area (Å²) in [5.41, 5.74) is 1.42. The highest BCUT2D eigenvalue weighted by Gasteiger charge is 2.17. The van der Waals surface area contributed by atoms with E-state index in [2.05, 4.69) is 64.1 Å². The highest BCUT2D eigenvalue weighted by atomic mass is 127.